The summed E-state index contributed by atoms with van der Waals surface area (Å²) in [6.07, 6.45) is 1.28. The van der Waals surface area contributed by atoms with Crippen molar-refractivity contribution in [1.82, 2.24) is 19.9 Å². The minimum Gasteiger partial charge on any atom is -0.444 e. The summed E-state index contributed by atoms with van der Waals surface area (Å²) < 4.78 is 7.73. The molecule has 1 aliphatic rings. The number of carbonyl (C=O) groups is 1. The summed E-state index contributed by atoms with van der Waals surface area (Å²) in [5.41, 5.74) is 7.80. The molecule has 154 valence electrons. The summed E-state index contributed by atoms with van der Waals surface area (Å²) in [5, 5.41) is 4.17. The number of nitrogen functional groups attached to an aromatic ring is 1. The van der Waals surface area contributed by atoms with Gasteiger partial charge in [-0.3, -0.25) is 0 Å². The Bertz CT molecular complexity index is 1100. The van der Waals surface area contributed by atoms with E-state index < -0.39 is 17.2 Å². The second kappa shape index (κ2) is 6.61. The van der Waals surface area contributed by atoms with Crippen LogP contribution in [0, 0.1) is 5.92 Å². The topological polar surface area (TPSA) is 95.1 Å². The number of benzene rings is 1. The number of fused-ring (bicyclic) bond motifs is 5. The van der Waals surface area contributed by atoms with E-state index in [1.165, 1.54) is 0 Å². The van der Waals surface area contributed by atoms with Gasteiger partial charge in [-0.1, -0.05) is 31.5 Å². The number of nitrogens with zero attached hydrogens (tertiary/aromatic N) is 3. The van der Waals surface area contributed by atoms with Gasteiger partial charge in [0.1, 0.15) is 16.9 Å². The van der Waals surface area contributed by atoms with Gasteiger partial charge >= 0.3 is 6.09 Å². The summed E-state index contributed by atoms with van der Waals surface area (Å²) in [4.78, 5) is 21.9. The molecule has 2 atom stereocenters. The molecular weight excluding hydrogens is 366 g/mol. The summed E-state index contributed by atoms with van der Waals surface area (Å²) in [5.74, 6) is 1.66. The molecule has 3 N–H and O–H groups in total. The maximum atomic E-state index is 12.6. The summed E-state index contributed by atoms with van der Waals surface area (Å²) in [7, 11) is 0. The first-order valence-corrected chi connectivity index (χ1v) is 10.2. The van der Waals surface area contributed by atoms with Crippen LogP contribution in [0.1, 0.15) is 46.9 Å². The van der Waals surface area contributed by atoms with Gasteiger partial charge < -0.3 is 20.4 Å². The van der Waals surface area contributed by atoms with Gasteiger partial charge in [0.05, 0.1) is 16.6 Å². The zero-order valence-corrected chi connectivity index (χ0v) is 17.7. The molecule has 1 aliphatic heterocycles. The molecule has 1 aromatic carbocycles. The number of carbonyl (C=O) groups excluding carboxylic acids is 1. The number of nitrogens with one attached hydrogen (secondary N) is 1. The van der Waals surface area contributed by atoms with Gasteiger partial charge in [0, 0.05) is 18.4 Å². The Kier molecular flexibility index (Phi) is 4.44. The number of rotatable bonds is 2. The molecule has 2 aromatic heterocycles. The zero-order valence-electron chi connectivity index (χ0n) is 17.7. The lowest BCUT2D eigenvalue weighted by molar-refractivity contribution is 0.0380. The maximum absolute atomic E-state index is 12.6. The van der Waals surface area contributed by atoms with E-state index >= 15 is 0 Å². The van der Waals surface area contributed by atoms with Crippen LogP contribution in [0.5, 0.6) is 0 Å². The number of hydrogen-bond donors (Lipinski definition) is 2. The Morgan fingerprint density at radius 3 is 2.76 bits per heavy atom. The molecule has 0 fully saturated rings. The fraction of sp³-hybridized carbons (Fsp3) is 0.500. The van der Waals surface area contributed by atoms with Crippen LogP contribution in [0.15, 0.2) is 24.3 Å². The number of hydrogen-bond acceptors (Lipinski definition) is 5. The summed E-state index contributed by atoms with van der Waals surface area (Å²) in [6, 6.07) is 7.95. The Morgan fingerprint density at radius 2 is 2.07 bits per heavy atom. The van der Waals surface area contributed by atoms with Gasteiger partial charge in [-0.25, -0.2) is 14.8 Å². The van der Waals surface area contributed by atoms with Crippen LogP contribution in [0.3, 0.4) is 0 Å². The number of anilines is 1. The molecule has 0 bridgehead atoms. The average molecular weight is 396 g/mol. The molecule has 29 heavy (non-hydrogen) atoms. The van der Waals surface area contributed by atoms with Gasteiger partial charge in [0.25, 0.3) is 0 Å². The highest BCUT2D eigenvalue weighted by molar-refractivity contribution is 6.06. The van der Waals surface area contributed by atoms with Crippen molar-refractivity contribution in [2.24, 2.45) is 5.92 Å². The molecule has 0 saturated heterocycles. The number of ether oxygens (including phenoxy) is 1. The fourth-order valence-corrected chi connectivity index (χ4v) is 4.41. The Hall–Kier alpha value is -2.83. The average Bonchev–Trinajstić information content (AvgIpc) is 2.97. The highest BCUT2D eigenvalue weighted by Crippen LogP contribution is 2.37. The molecule has 4 rings (SSSR count). The Morgan fingerprint density at radius 1 is 1.34 bits per heavy atom. The maximum Gasteiger partial charge on any atom is 0.408 e. The third-order valence-corrected chi connectivity index (χ3v) is 5.79. The number of imidazole rings is 1. The number of pyridine rings is 1. The van der Waals surface area contributed by atoms with E-state index in [0.717, 1.165) is 40.6 Å². The van der Waals surface area contributed by atoms with Crippen LogP contribution in [0.25, 0.3) is 21.9 Å². The van der Waals surface area contributed by atoms with Crippen LogP contribution < -0.4 is 11.1 Å². The minimum absolute atomic E-state index is 0.236. The van der Waals surface area contributed by atoms with E-state index in [-0.39, 0.29) is 5.92 Å². The van der Waals surface area contributed by atoms with E-state index in [0.29, 0.717) is 12.4 Å². The van der Waals surface area contributed by atoms with Gasteiger partial charge in [-0.05, 0) is 39.7 Å². The van der Waals surface area contributed by atoms with Crippen molar-refractivity contribution in [2.75, 3.05) is 5.73 Å². The smallest absolute Gasteiger partial charge is 0.408 e. The lowest BCUT2D eigenvalue weighted by Gasteiger charge is -2.42. The zero-order chi connectivity index (χ0) is 21.0. The molecule has 0 spiro atoms. The van der Waals surface area contributed by atoms with Crippen molar-refractivity contribution in [2.45, 2.75) is 65.1 Å². The largest absolute Gasteiger partial charge is 0.444 e. The number of para-hydroxylation sites is 1. The molecule has 0 saturated carbocycles. The molecule has 0 aliphatic carbocycles. The van der Waals surface area contributed by atoms with Crippen LogP contribution >= 0.6 is 0 Å². The first-order valence-electron chi connectivity index (χ1n) is 10.2. The van der Waals surface area contributed by atoms with Gasteiger partial charge in [-0.2, -0.15) is 0 Å². The highest BCUT2D eigenvalue weighted by atomic mass is 16.6. The first-order chi connectivity index (χ1) is 13.6. The monoisotopic (exact) mass is 395 g/mol. The van der Waals surface area contributed by atoms with E-state index in [9.17, 15) is 4.79 Å². The molecule has 7 nitrogen and oxygen atoms in total. The van der Waals surface area contributed by atoms with E-state index in [2.05, 4.69) is 28.7 Å². The third-order valence-electron chi connectivity index (χ3n) is 5.79. The van der Waals surface area contributed by atoms with Crippen molar-refractivity contribution in [3.63, 3.8) is 0 Å². The second-order valence-electron chi connectivity index (χ2n) is 9.18. The van der Waals surface area contributed by atoms with Crippen LogP contribution in [0.2, 0.25) is 0 Å². The molecule has 3 aromatic rings. The molecular formula is C22H29N5O2. The van der Waals surface area contributed by atoms with E-state index in [1.807, 2.05) is 45.0 Å². The van der Waals surface area contributed by atoms with Crippen molar-refractivity contribution in [1.29, 1.82) is 0 Å². The van der Waals surface area contributed by atoms with Gasteiger partial charge in [0.15, 0.2) is 5.82 Å². The number of alkyl carbamates (subject to hydrolysis) is 1. The Labute approximate surface area is 170 Å². The second-order valence-corrected chi connectivity index (χ2v) is 9.18. The van der Waals surface area contributed by atoms with Crippen molar-refractivity contribution >= 4 is 33.8 Å². The molecule has 7 heteroatoms. The van der Waals surface area contributed by atoms with Crippen LogP contribution in [0.4, 0.5) is 10.6 Å². The molecule has 2 unspecified atom stereocenters. The number of amides is 1. The third kappa shape index (κ3) is 3.39. The molecule has 1 amide bonds. The molecule has 3 heterocycles. The summed E-state index contributed by atoms with van der Waals surface area (Å²) >= 11 is 0. The standard InChI is InChI=1S/C22H29N5O2/c1-6-13-11-16-25-17-18(14-9-7-8-10-15(14)24-19(17)23)27(16)12-22(13,5)26-20(28)29-21(2,3)4/h7-10,13H,6,11-12H2,1-5H3,(H2,23,24)(H,26,28). The molecule has 0 radical (unpaired) electrons. The predicted molar refractivity (Wildman–Crippen MR) is 115 cm³/mol. The van der Waals surface area contributed by atoms with Crippen LogP contribution in [-0.4, -0.2) is 31.8 Å². The van der Waals surface area contributed by atoms with Crippen LogP contribution in [-0.2, 0) is 17.7 Å². The number of nitrogens with two attached hydrogens (primary N) is 1. The van der Waals surface area contributed by atoms with Crippen molar-refractivity contribution < 1.29 is 9.53 Å². The van der Waals surface area contributed by atoms with Gasteiger partial charge in [0.2, 0.25) is 0 Å². The summed E-state index contributed by atoms with van der Waals surface area (Å²) in [6.45, 7) is 10.4. The lowest BCUT2D eigenvalue weighted by atomic mass is 9.78. The predicted octanol–water partition coefficient (Wildman–Crippen LogP) is 4.03. The normalized spacial score (nSPS) is 21.9. The fourth-order valence-electron chi connectivity index (χ4n) is 4.41. The van der Waals surface area contributed by atoms with E-state index in [4.69, 9.17) is 15.5 Å². The van der Waals surface area contributed by atoms with E-state index in [1.54, 1.807) is 0 Å². The SMILES string of the molecule is CCC1Cc2nc3c(N)nc4ccccc4c3n2CC1(C)NC(=O)OC(C)(C)C. The Balaban J connectivity index is 1.81. The van der Waals surface area contributed by atoms with Gasteiger partial charge in [-0.15, -0.1) is 0 Å². The van der Waals surface area contributed by atoms with Crippen molar-refractivity contribution in [3.8, 4) is 0 Å². The lowest BCUT2D eigenvalue weighted by Crippen LogP contribution is -2.57. The number of aromatic nitrogens is 3. The highest BCUT2D eigenvalue weighted by Gasteiger charge is 2.42. The first kappa shape index (κ1) is 19.5. The van der Waals surface area contributed by atoms with Crippen molar-refractivity contribution in [3.05, 3.63) is 30.1 Å². The quantitative estimate of drug-likeness (QED) is 0.683. The minimum atomic E-state index is -0.542.